The Labute approximate surface area is 129 Å². The Bertz CT molecular complexity index is 728. The van der Waals surface area contributed by atoms with Crippen LogP contribution in [0, 0.1) is 0 Å². The van der Waals surface area contributed by atoms with E-state index in [1.54, 1.807) is 49.4 Å². The molecule has 0 saturated heterocycles. The van der Waals surface area contributed by atoms with Gasteiger partial charge < -0.3 is 5.32 Å². The first-order valence-electron chi connectivity index (χ1n) is 6.32. The Hall–Kier alpha value is -1.41. The maximum atomic E-state index is 12.3. The second kappa shape index (κ2) is 6.57. The molecule has 0 saturated carbocycles. The molecule has 0 radical (unpaired) electrons. The van der Waals surface area contributed by atoms with Gasteiger partial charge in [0.2, 0.25) is 10.0 Å². The highest BCUT2D eigenvalue weighted by Crippen LogP contribution is 2.22. The minimum Gasteiger partial charge on any atom is -0.316 e. The van der Waals surface area contributed by atoms with Crippen LogP contribution in [0.3, 0.4) is 0 Å². The summed E-state index contributed by atoms with van der Waals surface area (Å²) in [6.07, 6.45) is 3.36. The standard InChI is InChI=1S/C13H17ClN4O2S/c1-15-6-10-3-4-12(14)13(5-10)21(19,20)17-8-11-7-16-18(2)9-11/h3-5,7,9,15,17H,6,8H2,1-2H3. The van der Waals surface area contributed by atoms with E-state index in [9.17, 15) is 8.42 Å². The third-order valence-corrected chi connectivity index (χ3v) is 4.77. The average Bonchev–Trinajstić information content (AvgIpc) is 2.85. The van der Waals surface area contributed by atoms with Crippen LogP contribution in [-0.4, -0.2) is 25.2 Å². The number of halogens is 1. The minimum atomic E-state index is -3.67. The number of nitrogens with one attached hydrogen (secondary N) is 2. The lowest BCUT2D eigenvalue weighted by Crippen LogP contribution is -2.23. The summed E-state index contributed by atoms with van der Waals surface area (Å²) in [5.74, 6) is 0. The summed E-state index contributed by atoms with van der Waals surface area (Å²) in [5.41, 5.74) is 1.63. The van der Waals surface area contributed by atoms with E-state index in [2.05, 4.69) is 15.1 Å². The summed E-state index contributed by atoms with van der Waals surface area (Å²) >= 11 is 6.01. The quantitative estimate of drug-likeness (QED) is 0.837. The second-order valence-corrected chi connectivity index (χ2v) is 6.78. The number of sulfonamides is 1. The molecule has 1 aromatic heterocycles. The third-order valence-electron chi connectivity index (χ3n) is 2.89. The van der Waals surface area contributed by atoms with E-state index >= 15 is 0 Å². The van der Waals surface area contributed by atoms with Gasteiger partial charge in [-0.1, -0.05) is 17.7 Å². The molecule has 0 spiro atoms. The van der Waals surface area contributed by atoms with Gasteiger partial charge in [-0.15, -0.1) is 0 Å². The molecule has 21 heavy (non-hydrogen) atoms. The SMILES string of the molecule is CNCc1ccc(Cl)c(S(=O)(=O)NCc2cnn(C)c2)c1. The van der Waals surface area contributed by atoms with Gasteiger partial charge in [-0.2, -0.15) is 5.10 Å². The van der Waals surface area contributed by atoms with E-state index < -0.39 is 10.0 Å². The molecule has 1 heterocycles. The highest BCUT2D eigenvalue weighted by molar-refractivity contribution is 7.89. The first-order chi connectivity index (χ1) is 9.92. The summed E-state index contributed by atoms with van der Waals surface area (Å²) in [6.45, 7) is 0.741. The molecule has 0 bridgehead atoms. The third kappa shape index (κ3) is 4.04. The summed E-state index contributed by atoms with van der Waals surface area (Å²) in [4.78, 5) is 0.0841. The number of nitrogens with zero attached hydrogens (tertiary/aromatic N) is 2. The van der Waals surface area contributed by atoms with Gasteiger partial charge in [-0.05, 0) is 24.7 Å². The van der Waals surface area contributed by atoms with Gasteiger partial charge in [0.1, 0.15) is 4.90 Å². The van der Waals surface area contributed by atoms with E-state index in [0.717, 1.165) is 11.1 Å². The summed E-state index contributed by atoms with van der Waals surface area (Å²) in [7, 11) is -0.0985. The minimum absolute atomic E-state index is 0.0841. The molecule has 2 aromatic rings. The van der Waals surface area contributed by atoms with Gasteiger partial charge in [0.05, 0.1) is 11.2 Å². The zero-order chi connectivity index (χ0) is 15.5. The van der Waals surface area contributed by atoms with Gasteiger partial charge >= 0.3 is 0 Å². The number of rotatable bonds is 6. The van der Waals surface area contributed by atoms with Gasteiger partial charge in [0.15, 0.2) is 0 Å². The smallest absolute Gasteiger partial charge is 0.242 e. The van der Waals surface area contributed by atoms with E-state index in [-0.39, 0.29) is 16.5 Å². The van der Waals surface area contributed by atoms with Crippen LogP contribution in [0.2, 0.25) is 5.02 Å². The zero-order valence-electron chi connectivity index (χ0n) is 11.8. The molecule has 8 heteroatoms. The van der Waals surface area contributed by atoms with Crippen LogP contribution in [-0.2, 0) is 30.2 Å². The number of aryl methyl sites for hydroxylation is 1. The summed E-state index contributed by atoms with van der Waals surface area (Å²) in [6, 6.07) is 4.95. The fourth-order valence-corrected chi connectivity index (χ4v) is 3.45. The molecule has 0 aliphatic rings. The van der Waals surface area contributed by atoms with Crippen LogP contribution < -0.4 is 10.0 Å². The van der Waals surface area contributed by atoms with Crippen molar-refractivity contribution < 1.29 is 8.42 Å². The molecule has 0 aliphatic heterocycles. The fraction of sp³-hybridized carbons (Fsp3) is 0.308. The molecular weight excluding hydrogens is 312 g/mol. The zero-order valence-corrected chi connectivity index (χ0v) is 13.4. The van der Waals surface area contributed by atoms with Crippen molar-refractivity contribution >= 4 is 21.6 Å². The molecule has 0 atom stereocenters. The van der Waals surface area contributed by atoms with Crippen molar-refractivity contribution in [2.45, 2.75) is 18.0 Å². The Morgan fingerprint density at radius 2 is 2.05 bits per heavy atom. The topological polar surface area (TPSA) is 76.0 Å². The number of aromatic nitrogens is 2. The van der Waals surface area contributed by atoms with E-state index in [1.807, 2.05) is 0 Å². The average molecular weight is 329 g/mol. The van der Waals surface area contributed by atoms with Crippen molar-refractivity contribution in [3.05, 3.63) is 46.7 Å². The van der Waals surface area contributed by atoms with E-state index in [0.29, 0.717) is 6.54 Å². The normalized spacial score (nSPS) is 11.8. The monoisotopic (exact) mass is 328 g/mol. The van der Waals surface area contributed by atoms with Crippen LogP contribution in [0.25, 0.3) is 0 Å². The predicted molar refractivity (Wildman–Crippen MR) is 81.4 cm³/mol. The Morgan fingerprint density at radius 1 is 1.29 bits per heavy atom. The predicted octanol–water partition coefficient (Wildman–Crippen LogP) is 1.27. The number of hydrogen-bond acceptors (Lipinski definition) is 4. The van der Waals surface area contributed by atoms with Crippen molar-refractivity contribution in [3.8, 4) is 0 Å². The van der Waals surface area contributed by atoms with Crippen molar-refractivity contribution in [3.63, 3.8) is 0 Å². The summed E-state index contributed by atoms with van der Waals surface area (Å²) in [5, 5.41) is 7.17. The van der Waals surface area contributed by atoms with Crippen molar-refractivity contribution in [2.24, 2.45) is 7.05 Å². The molecule has 0 fully saturated rings. The molecule has 0 amide bonds. The first-order valence-corrected chi connectivity index (χ1v) is 8.18. The number of benzene rings is 1. The highest BCUT2D eigenvalue weighted by Gasteiger charge is 2.18. The fourth-order valence-electron chi connectivity index (χ4n) is 1.89. The lowest BCUT2D eigenvalue weighted by molar-refractivity contribution is 0.581. The first kappa shape index (κ1) is 16.0. The molecule has 1 aromatic carbocycles. The Morgan fingerprint density at radius 3 is 2.67 bits per heavy atom. The van der Waals surface area contributed by atoms with Crippen LogP contribution in [0.15, 0.2) is 35.5 Å². The lowest BCUT2D eigenvalue weighted by Gasteiger charge is -2.09. The van der Waals surface area contributed by atoms with Crippen LogP contribution in [0.5, 0.6) is 0 Å². The van der Waals surface area contributed by atoms with Gasteiger partial charge in [-0.3, -0.25) is 4.68 Å². The molecule has 114 valence electrons. The Balaban J connectivity index is 2.20. The maximum absolute atomic E-state index is 12.3. The lowest BCUT2D eigenvalue weighted by atomic mass is 10.2. The highest BCUT2D eigenvalue weighted by atomic mass is 35.5. The summed E-state index contributed by atoms with van der Waals surface area (Å²) < 4.78 is 28.8. The van der Waals surface area contributed by atoms with Gasteiger partial charge in [0.25, 0.3) is 0 Å². The van der Waals surface area contributed by atoms with Gasteiger partial charge in [0, 0.05) is 31.9 Å². The Kier molecular flexibility index (Phi) is 5.00. The van der Waals surface area contributed by atoms with Crippen molar-refractivity contribution in [2.75, 3.05) is 7.05 Å². The van der Waals surface area contributed by atoms with Crippen LogP contribution >= 0.6 is 11.6 Å². The van der Waals surface area contributed by atoms with E-state index in [4.69, 9.17) is 11.6 Å². The van der Waals surface area contributed by atoms with Crippen LogP contribution in [0.1, 0.15) is 11.1 Å². The van der Waals surface area contributed by atoms with Crippen molar-refractivity contribution in [1.29, 1.82) is 0 Å². The molecular formula is C13H17ClN4O2S. The largest absolute Gasteiger partial charge is 0.316 e. The molecule has 6 nitrogen and oxygen atoms in total. The molecule has 2 N–H and O–H groups in total. The molecule has 0 aliphatic carbocycles. The second-order valence-electron chi connectivity index (χ2n) is 4.64. The number of hydrogen-bond donors (Lipinski definition) is 2. The maximum Gasteiger partial charge on any atom is 0.242 e. The van der Waals surface area contributed by atoms with E-state index in [1.165, 1.54) is 0 Å². The van der Waals surface area contributed by atoms with Crippen LogP contribution in [0.4, 0.5) is 0 Å². The molecule has 2 rings (SSSR count). The molecule has 0 unspecified atom stereocenters. The van der Waals surface area contributed by atoms with Gasteiger partial charge in [-0.25, -0.2) is 13.1 Å². The van der Waals surface area contributed by atoms with Crippen molar-refractivity contribution in [1.82, 2.24) is 19.8 Å².